The van der Waals surface area contributed by atoms with E-state index < -0.39 is 0 Å². The van der Waals surface area contributed by atoms with Crippen LogP contribution >= 0.6 is 0 Å². The molecule has 0 radical (unpaired) electrons. The molecule has 102 valence electrons. The summed E-state index contributed by atoms with van der Waals surface area (Å²) < 4.78 is 4.92. The van der Waals surface area contributed by atoms with Gasteiger partial charge < -0.3 is 19.6 Å². The Morgan fingerprint density at radius 1 is 1.37 bits per heavy atom. The number of benzene rings is 1. The Balaban J connectivity index is 2.16. The summed E-state index contributed by atoms with van der Waals surface area (Å²) in [6.45, 7) is 1.09. The molecule has 1 saturated heterocycles. The first-order valence-corrected chi connectivity index (χ1v) is 5.93. The maximum atomic E-state index is 12.2. The molecule has 0 aromatic heterocycles. The molecule has 0 spiro atoms. The molecule has 19 heavy (non-hydrogen) atoms. The fourth-order valence-electron chi connectivity index (χ4n) is 1.94. The second-order valence-corrected chi connectivity index (χ2v) is 4.43. The summed E-state index contributed by atoms with van der Waals surface area (Å²) in [6.07, 6.45) is 0. The smallest absolute Gasteiger partial charge is 0.254 e. The number of piperazine rings is 1. The summed E-state index contributed by atoms with van der Waals surface area (Å²) in [4.78, 5) is 26.8. The Kier molecular flexibility index (Phi) is 3.59. The fraction of sp³-hybridized carbons (Fsp3) is 0.385. The van der Waals surface area contributed by atoms with Crippen LogP contribution in [-0.2, 0) is 4.79 Å². The summed E-state index contributed by atoms with van der Waals surface area (Å²) in [7, 11) is 3.15. The van der Waals surface area contributed by atoms with Gasteiger partial charge in [0.1, 0.15) is 6.54 Å². The average molecular weight is 264 g/mol. The molecule has 1 aliphatic heterocycles. The van der Waals surface area contributed by atoms with Crippen molar-refractivity contribution in [3.8, 4) is 11.5 Å². The maximum Gasteiger partial charge on any atom is 0.254 e. The molecule has 1 fully saturated rings. The summed E-state index contributed by atoms with van der Waals surface area (Å²) in [6, 6.07) is 4.45. The van der Waals surface area contributed by atoms with E-state index in [9.17, 15) is 14.7 Å². The molecule has 0 atom stereocenters. The molecule has 0 bridgehead atoms. The molecule has 6 nitrogen and oxygen atoms in total. The van der Waals surface area contributed by atoms with Gasteiger partial charge in [-0.3, -0.25) is 9.59 Å². The van der Waals surface area contributed by atoms with Crippen LogP contribution in [0.25, 0.3) is 0 Å². The van der Waals surface area contributed by atoms with Crippen LogP contribution < -0.4 is 4.74 Å². The number of aromatic hydroxyl groups is 1. The van der Waals surface area contributed by atoms with E-state index in [0.29, 0.717) is 24.4 Å². The lowest BCUT2D eigenvalue weighted by atomic mass is 10.1. The zero-order valence-corrected chi connectivity index (χ0v) is 10.9. The molecule has 1 aromatic rings. The highest BCUT2D eigenvalue weighted by atomic mass is 16.5. The van der Waals surface area contributed by atoms with Crippen molar-refractivity contribution in [1.29, 1.82) is 0 Å². The van der Waals surface area contributed by atoms with Crippen molar-refractivity contribution >= 4 is 11.8 Å². The minimum atomic E-state index is -0.264. The van der Waals surface area contributed by atoms with Crippen molar-refractivity contribution in [3.63, 3.8) is 0 Å². The number of hydrogen-bond donors (Lipinski definition) is 1. The van der Waals surface area contributed by atoms with E-state index in [-0.39, 0.29) is 24.1 Å². The zero-order valence-electron chi connectivity index (χ0n) is 10.9. The van der Waals surface area contributed by atoms with E-state index in [4.69, 9.17) is 4.74 Å². The van der Waals surface area contributed by atoms with Gasteiger partial charge in [0, 0.05) is 25.7 Å². The van der Waals surface area contributed by atoms with Gasteiger partial charge in [-0.1, -0.05) is 0 Å². The molecule has 2 amide bonds. The lowest BCUT2D eigenvalue weighted by Crippen LogP contribution is -2.50. The molecular formula is C13H16N2O4. The van der Waals surface area contributed by atoms with Crippen LogP contribution in [0.15, 0.2) is 18.2 Å². The van der Waals surface area contributed by atoms with Crippen LogP contribution in [0, 0.1) is 0 Å². The molecule has 2 rings (SSSR count). The predicted octanol–water partition coefficient (Wildman–Crippen LogP) is 0.315. The normalized spacial score (nSPS) is 15.6. The first kappa shape index (κ1) is 13.2. The van der Waals surface area contributed by atoms with Gasteiger partial charge in [-0.25, -0.2) is 0 Å². The number of phenols is 1. The molecule has 1 aliphatic rings. The third-order valence-electron chi connectivity index (χ3n) is 3.17. The van der Waals surface area contributed by atoms with Gasteiger partial charge in [0.2, 0.25) is 5.91 Å². The maximum absolute atomic E-state index is 12.2. The number of phenolic OH excluding ortho intramolecular Hbond substituents is 1. The number of carbonyl (C=O) groups excluding carboxylic acids is 2. The number of amides is 2. The SMILES string of the molecule is COc1ccc(C(=O)N2CCN(C)C(=O)C2)cc1O. The molecule has 0 unspecified atom stereocenters. The Hall–Kier alpha value is -2.24. The van der Waals surface area contributed by atoms with Crippen molar-refractivity contribution in [1.82, 2.24) is 9.80 Å². The van der Waals surface area contributed by atoms with E-state index >= 15 is 0 Å². The van der Waals surface area contributed by atoms with Gasteiger partial charge in [0.15, 0.2) is 11.5 Å². The first-order valence-electron chi connectivity index (χ1n) is 5.93. The third-order valence-corrected chi connectivity index (χ3v) is 3.17. The predicted molar refractivity (Wildman–Crippen MR) is 68.2 cm³/mol. The first-order chi connectivity index (χ1) is 9.02. The Labute approximate surface area is 111 Å². The Morgan fingerprint density at radius 3 is 2.68 bits per heavy atom. The molecule has 6 heteroatoms. The number of methoxy groups -OCH3 is 1. The van der Waals surface area contributed by atoms with Crippen molar-refractivity contribution in [2.75, 3.05) is 33.8 Å². The second kappa shape index (κ2) is 5.17. The van der Waals surface area contributed by atoms with Gasteiger partial charge in [0.05, 0.1) is 7.11 Å². The van der Waals surface area contributed by atoms with Gasteiger partial charge in [-0.15, -0.1) is 0 Å². The molecule has 1 heterocycles. The number of hydrogen-bond acceptors (Lipinski definition) is 4. The number of carbonyl (C=O) groups is 2. The van der Waals surface area contributed by atoms with E-state index in [1.165, 1.54) is 24.1 Å². The monoisotopic (exact) mass is 264 g/mol. The lowest BCUT2D eigenvalue weighted by Gasteiger charge is -2.32. The lowest BCUT2D eigenvalue weighted by molar-refractivity contribution is -0.133. The van der Waals surface area contributed by atoms with Gasteiger partial charge in [-0.2, -0.15) is 0 Å². The van der Waals surface area contributed by atoms with E-state index in [2.05, 4.69) is 0 Å². The highest BCUT2D eigenvalue weighted by Gasteiger charge is 2.25. The second-order valence-electron chi connectivity index (χ2n) is 4.43. The molecule has 1 N–H and O–H groups in total. The standard InChI is InChI=1S/C13H16N2O4/c1-14-5-6-15(8-12(14)17)13(18)9-3-4-11(19-2)10(16)7-9/h3-4,7,16H,5-6,8H2,1-2H3. The Morgan fingerprint density at radius 2 is 2.11 bits per heavy atom. The van der Waals surface area contributed by atoms with Crippen molar-refractivity contribution in [2.45, 2.75) is 0 Å². The Bertz CT molecular complexity index is 515. The van der Waals surface area contributed by atoms with E-state index in [0.717, 1.165) is 0 Å². The number of ether oxygens (including phenoxy) is 1. The molecule has 0 aliphatic carbocycles. The van der Waals surface area contributed by atoms with Crippen LogP contribution in [0.2, 0.25) is 0 Å². The van der Waals surface area contributed by atoms with Gasteiger partial charge in [0.25, 0.3) is 5.91 Å². The summed E-state index contributed by atoms with van der Waals surface area (Å²) in [5.41, 5.74) is 0.343. The van der Waals surface area contributed by atoms with Crippen molar-refractivity contribution < 1.29 is 19.4 Å². The van der Waals surface area contributed by atoms with Crippen LogP contribution in [0.5, 0.6) is 11.5 Å². The van der Waals surface area contributed by atoms with Crippen LogP contribution in [0.4, 0.5) is 0 Å². The average Bonchev–Trinajstić information content (AvgIpc) is 2.41. The van der Waals surface area contributed by atoms with E-state index in [1.54, 1.807) is 18.0 Å². The minimum Gasteiger partial charge on any atom is -0.504 e. The van der Waals surface area contributed by atoms with Crippen molar-refractivity contribution in [3.05, 3.63) is 23.8 Å². The van der Waals surface area contributed by atoms with Crippen LogP contribution in [0.3, 0.4) is 0 Å². The number of rotatable bonds is 2. The topological polar surface area (TPSA) is 70.1 Å². The van der Waals surface area contributed by atoms with Gasteiger partial charge >= 0.3 is 0 Å². The fourth-order valence-corrected chi connectivity index (χ4v) is 1.94. The molecule has 0 saturated carbocycles. The third kappa shape index (κ3) is 2.62. The largest absolute Gasteiger partial charge is 0.504 e. The molecule has 1 aromatic carbocycles. The molecular weight excluding hydrogens is 248 g/mol. The van der Waals surface area contributed by atoms with Crippen molar-refractivity contribution in [2.24, 2.45) is 0 Å². The van der Waals surface area contributed by atoms with Crippen LogP contribution in [0.1, 0.15) is 10.4 Å². The number of likely N-dealkylation sites (N-methyl/N-ethyl adjacent to an activating group) is 1. The summed E-state index contributed by atoms with van der Waals surface area (Å²) in [5, 5.41) is 9.66. The van der Waals surface area contributed by atoms with Gasteiger partial charge in [-0.05, 0) is 18.2 Å². The van der Waals surface area contributed by atoms with E-state index in [1.807, 2.05) is 0 Å². The highest BCUT2D eigenvalue weighted by Crippen LogP contribution is 2.26. The van der Waals surface area contributed by atoms with Crippen LogP contribution in [-0.4, -0.2) is 60.5 Å². The highest BCUT2D eigenvalue weighted by molar-refractivity contribution is 5.97. The quantitative estimate of drug-likeness (QED) is 0.835. The minimum absolute atomic E-state index is 0.0716. The summed E-state index contributed by atoms with van der Waals surface area (Å²) >= 11 is 0. The zero-order chi connectivity index (χ0) is 14.0. The number of nitrogens with zero attached hydrogens (tertiary/aromatic N) is 2. The summed E-state index contributed by atoms with van der Waals surface area (Å²) in [5.74, 6) is -0.128.